The lowest BCUT2D eigenvalue weighted by Crippen LogP contribution is -2.25. The van der Waals surface area contributed by atoms with E-state index in [-0.39, 0.29) is 12.5 Å². The number of amides is 1. The summed E-state index contributed by atoms with van der Waals surface area (Å²) in [6, 6.07) is 9.50. The van der Waals surface area contributed by atoms with Crippen LogP contribution in [-0.2, 0) is 11.3 Å². The van der Waals surface area contributed by atoms with Crippen molar-refractivity contribution in [3.8, 4) is 11.4 Å². The molecule has 2 aromatic rings. The highest BCUT2D eigenvalue weighted by Gasteiger charge is 2.08. The molecule has 23 heavy (non-hydrogen) atoms. The van der Waals surface area contributed by atoms with Crippen LogP contribution in [0.15, 0.2) is 35.4 Å². The Labute approximate surface area is 135 Å². The quantitative estimate of drug-likeness (QED) is 0.627. The maximum absolute atomic E-state index is 11.9. The largest absolute Gasteiger partial charge is 0.271 e. The molecular formula is C16H22N6O. The van der Waals surface area contributed by atoms with Crippen molar-refractivity contribution in [2.45, 2.75) is 40.2 Å². The van der Waals surface area contributed by atoms with Crippen molar-refractivity contribution in [1.82, 2.24) is 25.6 Å². The Balaban J connectivity index is 1.86. The average molecular weight is 314 g/mol. The molecule has 7 heteroatoms. The highest BCUT2D eigenvalue weighted by Crippen LogP contribution is 2.11. The summed E-state index contributed by atoms with van der Waals surface area (Å²) in [5, 5.41) is 16.1. The Morgan fingerprint density at radius 3 is 2.74 bits per heavy atom. The van der Waals surface area contributed by atoms with Gasteiger partial charge >= 0.3 is 0 Å². The van der Waals surface area contributed by atoms with Crippen LogP contribution in [0.1, 0.15) is 33.6 Å². The zero-order valence-electron chi connectivity index (χ0n) is 13.7. The molecule has 1 aromatic carbocycles. The van der Waals surface area contributed by atoms with E-state index in [1.807, 2.05) is 37.3 Å². The molecule has 1 N–H and O–H groups in total. The number of carbonyl (C=O) groups excluding carboxylic acids is 1. The van der Waals surface area contributed by atoms with Gasteiger partial charge in [-0.2, -0.15) is 9.90 Å². The third-order valence-electron chi connectivity index (χ3n) is 3.22. The van der Waals surface area contributed by atoms with Crippen LogP contribution in [0, 0.1) is 5.92 Å². The molecule has 0 unspecified atom stereocenters. The van der Waals surface area contributed by atoms with Crippen molar-refractivity contribution >= 4 is 11.6 Å². The second-order valence-corrected chi connectivity index (χ2v) is 5.82. The summed E-state index contributed by atoms with van der Waals surface area (Å²) in [7, 11) is 0. The van der Waals surface area contributed by atoms with E-state index in [0.29, 0.717) is 11.7 Å². The first-order chi connectivity index (χ1) is 11.0. The van der Waals surface area contributed by atoms with Crippen molar-refractivity contribution in [3.63, 3.8) is 0 Å². The minimum Gasteiger partial charge on any atom is -0.271 e. The van der Waals surface area contributed by atoms with Gasteiger partial charge in [-0.1, -0.05) is 44.2 Å². The van der Waals surface area contributed by atoms with Gasteiger partial charge in [0.1, 0.15) is 6.54 Å². The van der Waals surface area contributed by atoms with Crippen LogP contribution in [0.4, 0.5) is 0 Å². The second kappa shape index (κ2) is 8.17. The zero-order valence-corrected chi connectivity index (χ0v) is 13.7. The Morgan fingerprint density at radius 1 is 1.30 bits per heavy atom. The van der Waals surface area contributed by atoms with Crippen LogP contribution in [0.25, 0.3) is 11.4 Å². The zero-order chi connectivity index (χ0) is 16.7. The van der Waals surface area contributed by atoms with Crippen molar-refractivity contribution in [2.75, 3.05) is 0 Å². The molecule has 7 nitrogen and oxygen atoms in total. The fourth-order valence-electron chi connectivity index (χ4n) is 1.89. The second-order valence-electron chi connectivity index (χ2n) is 5.82. The number of carbonyl (C=O) groups is 1. The number of hydrogen-bond donors (Lipinski definition) is 1. The van der Waals surface area contributed by atoms with Gasteiger partial charge in [0, 0.05) is 11.3 Å². The number of nitrogens with zero attached hydrogens (tertiary/aromatic N) is 5. The number of hydrogen-bond acceptors (Lipinski definition) is 5. The van der Waals surface area contributed by atoms with Gasteiger partial charge in [0.25, 0.3) is 5.91 Å². The fraction of sp³-hybridized carbons (Fsp3) is 0.438. The van der Waals surface area contributed by atoms with E-state index in [2.05, 4.69) is 39.8 Å². The molecule has 1 amide bonds. The first kappa shape index (κ1) is 16.8. The van der Waals surface area contributed by atoms with E-state index in [1.165, 1.54) is 4.80 Å². The molecule has 0 aliphatic carbocycles. The van der Waals surface area contributed by atoms with Crippen molar-refractivity contribution in [2.24, 2.45) is 11.0 Å². The van der Waals surface area contributed by atoms with E-state index in [4.69, 9.17) is 0 Å². The van der Waals surface area contributed by atoms with Gasteiger partial charge in [-0.3, -0.25) is 4.79 Å². The Bertz CT molecular complexity index is 662. The summed E-state index contributed by atoms with van der Waals surface area (Å²) in [4.78, 5) is 13.1. The van der Waals surface area contributed by atoms with E-state index >= 15 is 0 Å². The molecule has 0 spiro atoms. The standard InChI is InChI=1S/C16H22N6O/c1-12(2)9-10-13(3)17-18-15(23)11-22-20-16(19-21-22)14-7-5-4-6-8-14/h4-8,12H,9-11H2,1-3H3,(H,18,23)/b17-13-. The molecule has 0 aliphatic rings. The van der Waals surface area contributed by atoms with Gasteiger partial charge < -0.3 is 0 Å². The van der Waals surface area contributed by atoms with Crippen molar-refractivity contribution in [1.29, 1.82) is 0 Å². The van der Waals surface area contributed by atoms with E-state index in [1.54, 1.807) is 0 Å². The van der Waals surface area contributed by atoms with Crippen molar-refractivity contribution in [3.05, 3.63) is 30.3 Å². The smallest absolute Gasteiger partial charge is 0.263 e. The molecule has 2 rings (SSSR count). The van der Waals surface area contributed by atoms with Crippen LogP contribution in [0.2, 0.25) is 0 Å². The molecule has 122 valence electrons. The van der Waals surface area contributed by atoms with E-state index in [9.17, 15) is 4.79 Å². The molecule has 1 heterocycles. The summed E-state index contributed by atoms with van der Waals surface area (Å²) in [5.41, 5.74) is 4.29. The minimum atomic E-state index is -0.272. The monoisotopic (exact) mass is 314 g/mol. The summed E-state index contributed by atoms with van der Waals surface area (Å²) in [6.45, 7) is 6.21. The lowest BCUT2D eigenvalue weighted by molar-refractivity contribution is -0.122. The molecule has 0 saturated carbocycles. The minimum absolute atomic E-state index is 0.0131. The fourth-order valence-corrected chi connectivity index (χ4v) is 1.89. The molecule has 1 aromatic heterocycles. The maximum Gasteiger partial charge on any atom is 0.263 e. The topological polar surface area (TPSA) is 85.1 Å². The summed E-state index contributed by atoms with van der Waals surface area (Å²) < 4.78 is 0. The SMILES string of the molecule is C/C(CCC(C)C)=N/NC(=O)Cn1nnc(-c2ccccc2)n1. The van der Waals surface area contributed by atoms with Crippen LogP contribution in [0.3, 0.4) is 0 Å². The number of aromatic nitrogens is 4. The third-order valence-corrected chi connectivity index (χ3v) is 3.22. The summed E-state index contributed by atoms with van der Waals surface area (Å²) >= 11 is 0. The van der Waals surface area contributed by atoms with Crippen LogP contribution >= 0.6 is 0 Å². The molecule has 0 radical (unpaired) electrons. The first-order valence-electron chi connectivity index (χ1n) is 7.70. The third kappa shape index (κ3) is 5.61. The van der Waals surface area contributed by atoms with Gasteiger partial charge in [-0.05, 0) is 30.9 Å². The van der Waals surface area contributed by atoms with Crippen LogP contribution in [0.5, 0.6) is 0 Å². The lowest BCUT2D eigenvalue weighted by Gasteiger charge is -2.04. The van der Waals surface area contributed by atoms with Crippen molar-refractivity contribution < 1.29 is 4.79 Å². The first-order valence-corrected chi connectivity index (χ1v) is 7.70. The van der Waals surface area contributed by atoms with Gasteiger partial charge in [0.05, 0.1) is 0 Å². The average Bonchev–Trinajstić information content (AvgIpc) is 3.00. The van der Waals surface area contributed by atoms with Gasteiger partial charge in [-0.25, -0.2) is 5.43 Å². The highest BCUT2D eigenvalue weighted by atomic mass is 16.2. The maximum atomic E-state index is 11.9. The Hall–Kier alpha value is -2.57. The van der Waals surface area contributed by atoms with Gasteiger partial charge in [0.2, 0.25) is 5.82 Å². The number of tetrazole rings is 1. The van der Waals surface area contributed by atoms with Gasteiger partial charge in [-0.15, -0.1) is 10.2 Å². The number of hydrazone groups is 1. The molecule has 0 saturated heterocycles. The lowest BCUT2D eigenvalue weighted by atomic mass is 10.1. The normalized spacial score (nSPS) is 11.7. The molecule has 0 aliphatic heterocycles. The summed E-state index contributed by atoms with van der Waals surface area (Å²) in [5.74, 6) is 0.840. The predicted octanol–water partition coefficient (Wildman–Crippen LogP) is 2.27. The Kier molecular flexibility index (Phi) is 5.96. The molecule has 0 atom stereocenters. The van der Waals surface area contributed by atoms with Crippen LogP contribution < -0.4 is 5.43 Å². The number of nitrogens with one attached hydrogen (secondary N) is 1. The number of rotatable bonds is 7. The summed E-state index contributed by atoms with van der Waals surface area (Å²) in [6.07, 6.45) is 1.92. The Morgan fingerprint density at radius 2 is 2.04 bits per heavy atom. The van der Waals surface area contributed by atoms with E-state index < -0.39 is 0 Å². The molecular weight excluding hydrogens is 292 g/mol. The predicted molar refractivity (Wildman–Crippen MR) is 88.6 cm³/mol. The molecule has 0 fully saturated rings. The number of benzene rings is 1. The molecule has 0 bridgehead atoms. The van der Waals surface area contributed by atoms with Crippen LogP contribution in [-0.4, -0.2) is 31.8 Å². The van der Waals surface area contributed by atoms with Gasteiger partial charge in [0.15, 0.2) is 0 Å². The highest BCUT2D eigenvalue weighted by molar-refractivity contribution is 5.84. The van der Waals surface area contributed by atoms with E-state index in [0.717, 1.165) is 24.1 Å².